The highest BCUT2D eigenvalue weighted by Gasteiger charge is 2.13. The van der Waals surface area contributed by atoms with Crippen LogP contribution >= 0.6 is 23.2 Å². The minimum atomic E-state index is -0.129. The molecule has 0 fully saturated rings. The first-order valence-corrected chi connectivity index (χ1v) is 6.26. The molecule has 0 radical (unpaired) electrons. The van der Waals surface area contributed by atoms with Gasteiger partial charge in [0.1, 0.15) is 0 Å². The van der Waals surface area contributed by atoms with Gasteiger partial charge in [0, 0.05) is 18.7 Å². The average Bonchev–Trinajstić information content (AvgIpc) is 2.33. The number of hydrogen-bond donors (Lipinski definition) is 2. The SMILES string of the molecule is O=C(CN(CCO)CCO)c1ccc(Cl)c(Cl)c1. The van der Waals surface area contributed by atoms with Crippen LogP contribution < -0.4 is 0 Å². The topological polar surface area (TPSA) is 60.8 Å². The Bertz CT molecular complexity index is 406. The zero-order valence-corrected chi connectivity index (χ0v) is 11.3. The van der Waals surface area contributed by atoms with Gasteiger partial charge in [0.05, 0.1) is 29.8 Å². The zero-order chi connectivity index (χ0) is 13.5. The Morgan fingerprint density at radius 1 is 1.11 bits per heavy atom. The summed E-state index contributed by atoms with van der Waals surface area (Å²) in [4.78, 5) is 13.6. The second kappa shape index (κ2) is 7.71. The maximum atomic E-state index is 12.0. The van der Waals surface area contributed by atoms with Gasteiger partial charge in [-0.1, -0.05) is 23.2 Å². The Morgan fingerprint density at radius 3 is 2.22 bits per heavy atom. The first-order chi connectivity index (χ1) is 8.58. The van der Waals surface area contributed by atoms with Crippen LogP contribution in [0.4, 0.5) is 0 Å². The number of halogens is 2. The van der Waals surface area contributed by atoms with Gasteiger partial charge in [-0.3, -0.25) is 9.69 Å². The maximum absolute atomic E-state index is 12.0. The van der Waals surface area contributed by atoms with E-state index in [1.165, 1.54) is 6.07 Å². The van der Waals surface area contributed by atoms with Crippen molar-refractivity contribution in [3.05, 3.63) is 33.8 Å². The third-order valence-electron chi connectivity index (χ3n) is 2.44. The van der Waals surface area contributed by atoms with Crippen molar-refractivity contribution in [1.82, 2.24) is 4.90 Å². The molecule has 4 nitrogen and oxygen atoms in total. The zero-order valence-electron chi connectivity index (χ0n) is 9.77. The Morgan fingerprint density at radius 2 is 1.72 bits per heavy atom. The van der Waals surface area contributed by atoms with Crippen molar-refractivity contribution in [3.63, 3.8) is 0 Å². The molecule has 6 heteroatoms. The molecule has 0 aliphatic rings. The number of aliphatic hydroxyl groups is 2. The number of carbonyl (C=O) groups excluding carboxylic acids is 1. The van der Waals surface area contributed by atoms with Crippen LogP contribution in [0, 0.1) is 0 Å². The van der Waals surface area contributed by atoms with Crippen molar-refractivity contribution >= 4 is 29.0 Å². The summed E-state index contributed by atoms with van der Waals surface area (Å²) in [6.45, 7) is 0.684. The lowest BCUT2D eigenvalue weighted by atomic mass is 10.1. The van der Waals surface area contributed by atoms with Crippen LogP contribution in [0.15, 0.2) is 18.2 Å². The van der Waals surface area contributed by atoms with Crippen LogP contribution in [0.25, 0.3) is 0 Å². The van der Waals surface area contributed by atoms with Crippen LogP contribution in [-0.2, 0) is 0 Å². The van der Waals surface area contributed by atoms with E-state index >= 15 is 0 Å². The Hall–Kier alpha value is -0.650. The number of Topliss-reactive ketones (excluding diaryl/α,β-unsaturated/α-hetero) is 1. The molecule has 0 aliphatic heterocycles. The number of carbonyl (C=O) groups is 1. The second-order valence-corrected chi connectivity index (χ2v) is 4.59. The Labute approximate surface area is 116 Å². The molecule has 0 aromatic heterocycles. The maximum Gasteiger partial charge on any atom is 0.176 e. The molecule has 1 aromatic carbocycles. The van der Waals surface area contributed by atoms with Crippen LogP contribution in [0.3, 0.4) is 0 Å². The van der Waals surface area contributed by atoms with E-state index in [1.807, 2.05) is 0 Å². The molecule has 1 aromatic rings. The highest BCUT2D eigenvalue weighted by molar-refractivity contribution is 6.42. The van der Waals surface area contributed by atoms with Crippen molar-refractivity contribution in [1.29, 1.82) is 0 Å². The molecule has 100 valence electrons. The lowest BCUT2D eigenvalue weighted by molar-refractivity contribution is 0.0894. The summed E-state index contributed by atoms with van der Waals surface area (Å²) >= 11 is 11.6. The van der Waals surface area contributed by atoms with Gasteiger partial charge in [-0.15, -0.1) is 0 Å². The first kappa shape index (κ1) is 15.4. The Balaban J connectivity index is 2.70. The smallest absolute Gasteiger partial charge is 0.176 e. The lowest BCUT2D eigenvalue weighted by Crippen LogP contribution is -2.34. The van der Waals surface area contributed by atoms with Gasteiger partial charge < -0.3 is 10.2 Å². The fraction of sp³-hybridized carbons (Fsp3) is 0.417. The number of ketones is 1. The number of benzene rings is 1. The number of hydrogen-bond acceptors (Lipinski definition) is 4. The van der Waals surface area contributed by atoms with E-state index in [-0.39, 0.29) is 25.5 Å². The van der Waals surface area contributed by atoms with Crippen LogP contribution in [-0.4, -0.2) is 53.7 Å². The predicted molar refractivity (Wildman–Crippen MR) is 71.4 cm³/mol. The van der Waals surface area contributed by atoms with Crippen molar-refractivity contribution in [3.8, 4) is 0 Å². The summed E-state index contributed by atoms with van der Waals surface area (Å²) in [7, 11) is 0. The summed E-state index contributed by atoms with van der Waals surface area (Å²) in [6.07, 6.45) is 0. The minimum absolute atomic E-state index is 0.0609. The van der Waals surface area contributed by atoms with Crippen molar-refractivity contribution in [2.45, 2.75) is 0 Å². The predicted octanol–water partition coefficient (Wildman–Crippen LogP) is 1.46. The van der Waals surface area contributed by atoms with Gasteiger partial charge in [-0.2, -0.15) is 0 Å². The fourth-order valence-corrected chi connectivity index (χ4v) is 1.81. The van der Waals surface area contributed by atoms with E-state index in [4.69, 9.17) is 33.4 Å². The number of rotatable bonds is 7. The molecule has 0 unspecified atom stereocenters. The van der Waals surface area contributed by atoms with Gasteiger partial charge in [0.25, 0.3) is 0 Å². The highest BCUT2D eigenvalue weighted by Crippen LogP contribution is 2.22. The van der Waals surface area contributed by atoms with E-state index in [9.17, 15) is 4.79 Å². The molecule has 2 N–H and O–H groups in total. The largest absolute Gasteiger partial charge is 0.395 e. The third-order valence-corrected chi connectivity index (χ3v) is 3.18. The normalized spacial score (nSPS) is 10.9. The van der Waals surface area contributed by atoms with Crippen molar-refractivity contribution < 1.29 is 15.0 Å². The molecule has 0 saturated heterocycles. The van der Waals surface area contributed by atoms with Gasteiger partial charge >= 0.3 is 0 Å². The first-order valence-electron chi connectivity index (χ1n) is 5.50. The van der Waals surface area contributed by atoms with Crippen LogP contribution in [0.5, 0.6) is 0 Å². The summed E-state index contributed by atoms with van der Waals surface area (Å²) in [5.74, 6) is -0.129. The highest BCUT2D eigenvalue weighted by atomic mass is 35.5. The molecule has 1 rings (SSSR count). The summed E-state index contributed by atoms with van der Waals surface area (Å²) in [5.41, 5.74) is 0.463. The molecular weight excluding hydrogens is 277 g/mol. The number of nitrogens with zero attached hydrogens (tertiary/aromatic N) is 1. The minimum Gasteiger partial charge on any atom is -0.395 e. The molecule has 18 heavy (non-hydrogen) atoms. The van der Waals surface area contributed by atoms with Crippen molar-refractivity contribution in [2.24, 2.45) is 0 Å². The van der Waals surface area contributed by atoms with Crippen molar-refractivity contribution in [2.75, 3.05) is 32.8 Å². The van der Waals surface area contributed by atoms with E-state index in [0.29, 0.717) is 28.7 Å². The summed E-state index contributed by atoms with van der Waals surface area (Å²) < 4.78 is 0. The lowest BCUT2D eigenvalue weighted by Gasteiger charge is -2.19. The molecule has 0 heterocycles. The van der Waals surface area contributed by atoms with Gasteiger partial charge in [0.2, 0.25) is 0 Å². The standard InChI is InChI=1S/C12H15Cl2NO3/c13-10-2-1-9(7-11(10)14)12(18)8-15(3-5-16)4-6-17/h1-2,7,16-17H,3-6,8H2. The third kappa shape index (κ3) is 4.55. The molecule has 0 bridgehead atoms. The summed E-state index contributed by atoms with van der Waals surface area (Å²) in [6, 6.07) is 4.69. The molecule has 0 amide bonds. The summed E-state index contributed by atoms with van der Waals surface area (Å²) in [5, 5.41) is 18.4. The monoisotopic (exact) mass is 291 g/mol. The molecule has 0 atom stereocenters. The quantitative estimate of drug-likeness (QED) is 0.747. The van der Waals surface area contributed by atoms with Crippen LogP contribution in [0.2, 0.25) is 10.0 Å². The number of aliphatic hydroxyl groups excluding tert-OH is 2. The van der Waals surface area contributed by atoms with Crippen LogP contribution in [0.1, 0.15) is 10.4 Å². The second-order valence-electron chi connectivity index (χ2n) is 3.78. The van der Waals surface area contributed by atoms with E-state index in [0.717, 1.165) is 0 Å². The van der Waals surface area contributed by atoms with E-state index in [1.54, 1.807) is 17.0 Å². The Kier molecular flexibility index (Phi) is 6.60. The van der Waals surface area contributed by atoms with E-state index < -0.39 is 0 Å². The van der Waals surface area contributed by atoms with Gasteiger partial charge in [-0.25, -0.2) is 0 Å². The molecule has 0 aliphatic carbocycles. The van der Waals surface area contributed by atoms with Gasteiger partial charge in [0.15, 0.2) is 5.78 Å². The van der Waals surface area contributed by atoms with Gasteiger partial charge in [-0.05, 0) is 18.2 Å². The molecule has 0 spiro atoms. The molecular formula is C12H15Cl2NO3. The molecule has 0 saturated carbocycles. The van der Waals surface area contributed by atoms with E-state index in [2.05, 4.69) is 0 Å². The average molecular weight is 292 g/mol. The fourth-order valence-electron chi connectivity index (χ4n) is 1.52.